The molecule has 1 unspecified atom stereocenters. The van der Waals surface area contributed by atoms with E-state index in [-0.39, 0.29) is 11.5 Å². The average molecular weight is 243 g/mol. The van der Waals surface area contributed by atoms with Crippen molar-refractivity contribution in [3.63, 3.8) is 0 Å². The Morgan fingerprint density at radius 1 is 1.47 bits per heavy atom. The number of methoxy groups -OCH3 is 1. The van der Waals surface area contributed by atoms with Crippen LogP contribution in [0.25, 0.3) is 0 Å². The molecule has 1 heterocycles. The molecule has 5 heteroatoms. The molecule has 0 aromatic rings. The van der Waals surface area contributed by atoms with E-state index in [0.717, 1.165) is 25.9 Å². The fourth-order valence-corrected chi connectivity index (χ4v) is 1.79. The standard InChI is InChI=1S/C12H21NO4/c1-12(2)6-4-9(17-8-12)5-7-13-10(14)11(15)16-3/h9H,4-8H2,1-3H3,(H,13,14). The van der Waals surface area contributed by atoms with Crippen molar-refractivity contribution in [3.05, 3.63) is 0 Å². The Balaban J connectivity index is 2.16. The van der Waals surface area contributed by atoms with E-state index in [9.17, 15) is 9.59 Å². The number of carbonyl (C=O) groups is 2. The fraction of sp³-hybridized carbons (Fsp3) is 0.833. The molecule has 1 N–H and O–H groups in total. The minimum atomic E-state index is -0.851. The number of nitrogens with one attached hydrogen (secondary N) is 1. The first-order valence-electron chi connectivity index (χ1n) is 5.92. The Morgan fingerprint density at radius 2 is 2.18 bits per heavy atom. The zero-order valence-electron chi connectivity index (χ0n) is 10.7. The predicted octanol–water partition coefficient (Wildman–Crippen LogP) is 0.871. The smallest absolute Gasteiger partial charge is 0.396 e. The summed E-state index contributed by atoms with van der Waals surface area (Å²) in [5, 5.41) is 2.51. The maximum Gasteiger partial charge on any atom is 0.396 e. The molecule has 5 nitrogen and oxygen atoms in total. The fourth-order valence-electron chi connectivity index (χ4n) is 1.79. The molecule has 1 fully saturated rings. The van der Waals surface area contributed by atoms with Crippen LogP contribution < -0.4 is 5.32 Å². The molecule has 0 spiro atoms. The first-order valence-corrected chi connectivity index (χ1v) is 5.92. The first kappa shape index (κ1) is 14.0. The second-order valence-corrected chi connectivity index (χ2v) is 5.17. The van der Waals surface area contributed by atoms with Crippen molar-refractivity contribution >= 4 is 11.9 Å². The minimum absolute atomic E-state index is 0.181. The van der Waals surface area contributed by atoms with Gasteiger partial charge in [-0.1, -0.05) is 13.8 Å². The van der Waals surface area contributed by atoms with E-state index < -0.39 is 11.9 Å². The summed E-state index contributed by atoms with van der Waals surface area (Å²) >= 11 is 0. The minimum Gasteiger partial charge on any atom is -0.462 e. The third kappa shape index (κ3) is 4.73. The van der Waals surface area contributed by atoms with E-state index in [0.29, 0.717) is 6.54 Å². The summed E-state index contributed by atoms with van der Waals surface area (Å²) in [6.07, 6.45) is 3.05. The summed E-state index contributed by atoms with van der Waals surface area (Å²) in [7, 11) is 1.19. The van der Waals surface area contributed by atoms with E-state index >= 15 is 0 Å². The van der Waals surface area contributed by atoms with Gasteiger partial charge in [-0.15, -0.1) is 0 Å². The topological polar surface area (TPSA) is 64.6 Å². The van der Waals surface area contributed by atoms with E-state index in [1.54, 1.807) is 0 Å². The lowest BCUT2D eigenvalue weighted by molar-refractivity contribution is -0.152. The molecule has 98 valence electrons. The molecule has 1 atom stereocenters. The molecule has 17 heavy (non-hydrogen) atoms. The van der Waals surface area contributed by atoms with E-state index in [1.165, 1.54) is 7.11 Å². The lowest BCUT2D eigenvalue weighted by atomic mass is 9.85. The normalized spacial score (nSPS) is 22.9. The second kappa shape index (κ2) is 6.00. The Labute approximate surface area is 102 Å². The van der Waals surface area contributed by atoms with Gasteiger partial charge in [-0.3, -0.25) is 4.79 Å². The summed E-state index contributed by atoms with van der Waals surface area (Å²) in [5.41, 5.74) is 0.256. The molecule has 1 aliphatic rings. The third-order valence-electron chi connectivity index (χ3n) is 2.98. The summed E-state index contributed by atoms with van der Waals surface area (Å²) in [6, 6.07) is 0. The SMILES string of the molecule is COC(=O)C(=O)NCCC1CCC(C)(C)CO1. The third-order valence-corrected chi connectivity index (χ3v) is 2.98. The van der Waals surface area contributed by atoms with Gasteiger partial charge in [-0.05, 0) is 24.7 Å². The maximum atomic E-state index is 11.1. The second-order valence-electron chi connectivity index (χ2n) is 5.17. The van der Waals surface area contributed by atoms with Crippen molar-refractivity contribution in [3.8, 4) is 0 Å². The lowest BCUT2D eigenvalue weighted by Gasteiger charge is -2.34. The molecule has 0 saturated carbocycles. The molecular formula is C12H21NO4. The number of ether oxygens (including phenoxy) is 2. The van der Waals surface area contributed by atoms with Gasteiger partial charge in [0.15, 0.2) is 0 Å². The van der Waals surface area contributed by atoms with Gasteiger partial charge in [0.1, 0.15) is 0 Å². The van der Waals surface area contributed by atoms with Gasteiger partial charge < -0.3 is 14.8 Å². The van der Waals surface area contributed by atoms with Crippen molar-refractivity contribution in [1.29, 1.82) is 0 Å². The highest BCUT2D eigenvalue weighted by molar-refractivity contribution is 6.32. The van der Waals surface area contributed by atoms with Gasteiger partial charge in [0.25, 0.3) is 0 Å². The van der Waals surface area contributed by atoms with Crippen LogP contribution in [0.2, 0.25) is 0 Å². The van der Waals surface area contributed by atoms with Crippen LogP contribution in [0.15, 0.2) is 0 Å². The number of hydrogen-bond donors (Lipinski definition) is 1. The molecule has 0 aromatic carbocycles. The van der Waals surface area contributed by atoms with Crippen molar-refractivity contribution in [1.82, 2.24) is 5.32 Å². The first-order chi connectivity index (χ1) is 7.94. The highest BCUT2D eigenvalue weighted by atomic mass is 16.5. The predicted molar refractivity (Wildman–Crippen MR) is 62.4 cm³/mol. The monoisotopic (exact) mass is 243 g/mol. The van der Waals surface area contributed by atoms with Crippen LogP contribution in [0.4, 0.5) is 0 Å². The zero-order valence-corrected chi connectivity index (χ0v) is 10.7. The maximum absolute atomic E-state index is 11.1. The van der Waals surface area contributed by atoms with Crippen molar-refractivity contribution in [2.75, 3.05) is 20.3 Å². The molecule has 1 aliphatic heterocycles. The highest BCUT2D eigenvalue weighted by Crippen LogP contribution is 2.30. The van der Waals surface area contributed by atoms with E-state index in [2.05, 4.69) is 23.9 Å². The number of rotatable bonds is 3. The van der Waals surface area contributed by atoms with Crippen molar-refractivity contribution in [2.24, 2.45) is 5.41 Å². The molecule has 0 bridgehead atoms. The average Bonchev–Trinajstić information content (AvgIpc) is 2.30. The van der Waals surface area contributed by atoms with Gasteiger partial charge in [-0.2, -0.15) is 0 Å². The Kier molecular flexibility index (Phi) is 4.93. The molecule has 1 saturated heterocycles. The number of amides is 1. The van der Waals surface area contributed by atoms with Gasteiger partial charge in [-0.25, -0.2) is 4.79 Å². The molecular weight excluding hydrogens is 222 g/mol. The molecule has 0 radical (unpaired) electrons. The van der Waals surface area contributed by atoms with Crippen LogP contribution in [0.3, 0.4) is 0 Å². The van der Waals surface area contributed by atoms with Gasteiger partial charge in [0, 0.05) is 6.54 Å². The molecule has 1 amide bonds. The molecule has 0 aromatic heterocycles. The zero-order chi connectivity index (χ0) is 12.9. The Bertz CT molecular complexity index is 278. The van der Waals surface area contributed by atoms with Gasteiger partial charge in [0.2, 0.25) is 0 Å². The van der Waals surface area contributed by atoms with Gasteiger partial charge in [0.05, 0.1) is 19.8 Å². The van der Waals surface area contributed by atoms with Crippen LogP contribution in [0, 0.1) is 5.41 Å². The van der Waals surface area contributed by atoms with Crippen LogP contribution >= 0.6 is 0 Å². The number of hydrogen-bond acceptors (Lipinski definition) is 4. The largest absolute Gasteiger partial charge is 0.462 e. The van der Waals surface area contributed by atoms with Crippen LogP contribution in [-0.4, -0.2) is 38.2 Å². The van der Waals surface area contributed by atoms with Crippen molar-refractivity contribution < 1.29 is 19.1 Å². The van der Waals surface area contributed by atoms with Crippen LogP contribution in [0.5, 0.6) is 0 Å². The summed E-state index contributed by atoms with van der Waals surface area (Å²) in [6.45, 7) is 5.56. The summed E-state index contributed by atoms with van der Waals surface area (Å²) in [5.74, 6) is -1.54. The number of carbonyl (C=O) groups excluding carboxylic acids is 2. The highest BCUT2D eigenvalue weighted by Gasteiger charge is 2.27. The molecule has 1 rings (SSSR count). The lowest BCUT2D eigenvalue weighted by Crippen LogP contribution is -2.36. The summed E-state index contributed by atoms with van der Waals surface area (Å²) in [4.78, 5) is 21.9. The molecule has 0 aliphatic carbocycles. The van der Waals surface area contributed by atoms with Gasteiger partial charge >= 0.3 is 11.9 Å². The number of esters is 1. The van der Waals surface area contributed by atoms with E-state index in [4.69, 9.17) is 4.74 Å². The summed E-state index contributed by atoms with van der Waals surface area (Å²) < 4.78 is 9.99. The Morgan fingerprint density at radius 3 is 2.71 bits per heavy atom. The van der Waals surface area contributed by atoms with Crippen LogP contribution in [0.1, 0.15) is 33.1 Å². The van der Waals surface area contributed by atoms with Crippen LogP contribution in [-0.2, 0) is 19.1 Å². The van der Waals surface area contributed by atoms with Crippen molar-refractivity contribution in [2.45, 2.75) is 39.2 Å². The van der Waals surface area contributed by atoms with E-state index in [1.807, 2.05) is 0 Å². The quantitative estimate of drug-likeness (QED) is 0.590. The Hall–Kier alpha value is -1.10.